The van der Waals surface area contributed by atoms with E-state index < -0.39 is 0 Å². The Morgan fingerprint density at radius 1 is 1.47 bits per heavy atom. The van der Waals surface area contributed by atoms with Crippen molar-refractivity contribution in [2.75, 3.05) is 18.4 Å². The Bertz CT molecular complexity index is 558. The van der Waals surface area contributed by atoms with Crippen molar-refractivity contribution in [1.82, 2.24) is 9.88 Å². The van der Waals surface area contributed by atoms with Gasteiger partial charge in [-0.1, -0.05) is 0 Å². The summed E-state index contributed by atoms with van der Waals surface area (Å²) < 4.78 is 1.48. The first-order valence-corrected chi connectivity index (χ1v) is 6.80. The number of anilines is 1. The van der Waals surface area contributed by atoms with E-state index in [1.165, 1.54) is 4.57 Å². The summed E-state index contributed by atoms with van der Waals surface area (Å²) in [5.74, 6) is 0.0877. The Kier molecular flexibility index (Phi) is 2.93. The highest BCUT2D eigenvalue weighted by molar-refractivity contribution is 5.94. The van der Waals surface area contributed by atoms with E-state index in [1.807, 2.05) is 0 Å². The maximum Gasteiger partial charge on any atom is 0.274 e. The van der Waals surface area contributed by atoms with Crippen LogP contribution in [0.1, 0.15) is 19.3 Å². The van der Waals surface area contributed by atoms with Crippen LogP contribution in [0, 0.1) is 11.3 Å². The predicted octanol–water partition coefficient (Wildman–Crippen LogP) is 0.713. The molecule has 1 atom stereocenters. The molecule has 102 valence electrons. The van der Waals surface area contributed by atoms with Gasteiger partial charge < -0.3 is 15.2 Å². The minimum atomic E-state index is -0.157. The maximum atomic E-state index is 12.2. The first-order chi connectivity index (χ1) is 9.12. The second kappa shape index (κ2) is 4.49. The number of carbonyl (C=O) groups is 1. The van der Waals surface area contributed by atoms with Crippen molar-refractivity contribution >= 4 is 11.6 Å². The van der Waals surface area contributed by atoms with Crippen LogP contribution >= 0.6 is 0 Å². The molecule has 0 radical (unpaired) electrons. The van der Waals surface area contributed by atoms with Gasteiger partial charge in [-0.3, -0.25) is 9.59 Å². The summed E-state index contributed by atoms with van der Waals surface area (Å²) in [6, 6.07) is 3.43. The van der Waals surface area contributed by atoms with Crippen LogP contribution in [0.4, 0.5) is 5.69 Å². The highest BCUT2D eigenvalue weighted by Crippen LogP contribution is 2.58. The van der Waals surface area contributed by atoms with Crippen molar-refractivity contribution in [2.45, 2.75) is 19.3 Å². The summed E-state index contributed by atoms with van der Waals surface area (Å²) in [6.45, 7) is 1.99. The second-order valence-corrected chi connectivity index (χ2v) is 5.70. The van der Waals surface area contributed by atoms with Crippen LogP contribution in [0.2, 0.25) is 0 Å². The van der Waals surface area contributed by atoms with Gasteiger partial charge in [0.15, 0.2) is 0 Å². The van der Waals surface area contributed by atoms with E-state index in [0.717, 1.165) is 32.4 Å². The first kappa shape index (κ1) is 12.4. The highest BCUT2D eigenvalue weighted by atomic mass is 16.2. The number of pyridine rings is 1. The number of rotatable bonds is 2. The lowest BCUT2D eigenvalue weighted by Crippen LogP contribution is -2.32. The van der Waals surface area contributed by atoms with Gasteiger partial charge in [0, 0.05) is 19.2 Å². The number of hydrogen-bond donors (Lipinski definition) is 2. The van der Waals surface area contributed by atoms with Crippen molar-refractivity contribution in [3.8, 4) is 0 Å². The van der Waals surface area contributed by atoms with Crippen LogP contribution in [0.25, 0.3) is 0 Å². The maximum absolute atomic E-state index is 12.2. The molecule has 1 amide bonds. The lowest BCUT2D eigenvalue weighted by Gasteiger charge is -2.23. The molecule has 1 saturated heterocycles. The summed E-state index contributed by atoms with van der Waals surface area (Å²) in [5, 5.41) is 6.11. The average Bonchev–Trinajstić information content (AvgIpc) is 3.09. The third-order valence-electron chi connectivity index (χ3n) is 4.49. The first-order valence-electron chi connectivity index (χ1n) is 6.80. The molecule has 2 N–H and O–H groups in total. The lowest BCUT2D eigenvalue weighted by atomic mass is 9.92. The Morgan fingerprint density at radius 3 is 2.95 bits per heavy atom. The summed E-state index contributed by atoms with van der Waals surface area (Å²) in [6.07, 6.45) is 4.78. The minimum absolute atomic E-state index is 0.00481. The molecule has 2 fully saturated rings. The zero-order chi connectivity index (χ0) is 13.5. The Labute approximate surface area is 112 Å². The van der Waals surface area contributed by atoms with Crippen LogP contribution in [0.15, 0.2) is 23.1 Å². The Morgan fingerprint density at radius 2 is 2.21 bits per heavy atom. The molecule has 1 aliphatic heterocycles. The van der Waals surface area contributed by atoms with Gasteiger partial charge in [-0.15, -0.1) is 0 Å². The number of hydrogen-bond acceptors (Lipinski definition) is 3. The fraction of sp³-hybridized carbons (Fsp3) is 0.571. The van der Waals surface area contributed by atoms with E-state index in [0.29, 0.717) is 5.69 Å². The van der Waals surface area contributed by atoms with E-state index in [2.05, 4.69) is 10.6 Å². The smallest absolute Gasteiger partial charge is 0.274 e. The third-order valence-corrected chi connectivity index (χ3v) is 4.49. The van der Waals surface area contributed by atoms with Gasteiger partial charge in [0.05, 0.1) is 0 Å². The van der Waals surface area contributed by atoms with E-state index in [4.69, 9.17) is 0 Å². The number of piperidine rings is 1. The van der Waals surface area contributed by atoms with Crippen LogP contribution in [0.3, 0.4) is 0 Å². The normalized spacial score (nSPS) is 24.2. The molecule has 19 heavy (non-hydrogen) atoms. The average molecular weight is 261 g/mol. The topological polar surface area (TPSA) is 63.1 Å². The van der Waals surface area contributed by atoms with Crippen molar-refractivity contribution in [2.24, 2.45) is 18.4 Å². The van der Waals surface area contributed by atoms with E-state index >= 15 is 0 Å². The highest BCUT2D eigenvalue weighted by Gasteiger charge is 2.57. The summed E-state index contributed by atoms with van der Waals surface area (Å²) in [5.41, 5.74) is 0.428. The monoisotopic (exact) mass is 261 g/mol. The lowest BCUT2D eigenvalue weighted by molar-refractivity contribution is -0.118. The second-order valence-electron chi connectivity index (χ2n) is 5.70. The quantitative estimate of drug-likeness (QED) is 0.824. The number of nitrogens with zero attached hydrogens (tertiary/aromatic N) is 1. The molecule has 0 aromatic carbocycles. The fourth-order valence-electron chi connectivity index (χ4n) is 3.11. The van der Waals surface area contributed by atoms with Gasteiger partial charge in [-0.25, -0.2) is 0 Å². The summed E-state index contributed by atoms with van der Waals surface area (Å²) in [7, 11) is 1.68. The molecule has 2 aliphatic rings. The molecule has 1 aliphatic carbocycles. The SMILES string of the molecule is Cn1cccc(NC(=O)C2CC23CCNCC3)c1=O. The zero-order valence-corrected chi connectivity index (χ0v) is 11.1. The van der Waals surface area contributed by atoms with Crippen LogP contribution in [-0.4, -0.2) is 23.6 Å². The zero-order valence-electron chi connectivity index (χ0n) is 11.1. The number of amides is 1. The van der Waals surface area contributed by atoms with Gasteiger partial charge in [-0.05, 0) is 49.9 Å². The van der Waals surface area contributed by atoms with E-state index in [-0.39, 0.29) is 22.8 Å². The molecule has 1 saturated carbocycles. The molecule has 0 bridgehead atoms. The molecule has 3 rings (SSSR count). The summed E-state index contributed by atoms with van der Waals surface area (Å²) >= 11 is 0. The molecule has 1 spiro atoms. The molecule has 1 aromatic rings. The fourth-order valence-corrected chi connectivity index (χ4v) is 3.11. The van der Waals surface area contributed by atoms with Crippen LogP contribution in [-0.2, 0) is 11.8 Å². The Balaban J connectivity index is 1.70. The van der Waals surface area contributed by atoms with E-state index in [1.54, 1.807) is 25.4 Å². The van der Waals surface area contributed by atoms with Gasteiger partial charge >= 0.3 is 0 Å². The van der Waals surface area contributed by atoms with Gasteiger partial charge in [0.2, 0.25) is 5.91 Å². The van der Waals surface area contributed by atoms with Gasteiger partial charge in [0.1, 0.15) is 5.69 Å². The standard InChI is InChI=1S/C14H19N3O2/c1-17-8-2-3-11(13(17)19)16-12(18)10-9-14(10)4-6-15-7-5-14/h2-3,8,10,15H,4-7,9H2,1H3,(H,16,18). The number of aromatic nitrogens is 1. The Hall–Kier alpha value is -1.62. The van der Waals surface area contributed by atoms with Crippen molar-refractivity contribution in [1.29, 1.82) is 0 Å². The van der Waals surface area contributed by atoms with Crippen molar-refractivity contribution < 1.29 is 4.79 Å². The summed E-state index contributed by atoms with van der Waals surface area (Å²) in [4.78, 5) is 24.1. The predicted molar refractivity (Wildman–Crippen MR) is 73.0 cm³/mol. The number of carbonyl (C=O) groups excluding carboxylic acids is 1. The molecular formula is C14H19N3O2. The molecule has 1 unspecified atom stereocenters. The molecular weight excluding hydrogens is 242 g/mol. The van der Waals surface area contributed by atoms with Gasteiger partial charge in [-0.2, -0.15) is 0 Å². The van der Waals surface area contributed by atoms with Crippen molar-refractivity contribution in [3.63, 3.8) is 0 Å². The van der Waals surface area contributed by atoms with Crippen LogP contribution < -0.4 is 16.2 Å². The van der Waals surface area contributed by atoms with Gasteiger partial charge in [0.25, 0.3) is 5.56 Å². The molecule has 2 heterocycles. The number of nitrogens with one attached hydrogen (secondary N) is 2. The van der Waals surface area contributed by atoms with Crippen molar-refractivity contribution in [3.05, 3.63) is 28.7 Å². The third kappa shape index (κ3) is 2.18. The molecule has 1 aromatic heterocycles. The van der Waals surface area contributed by atoms with Crippen LogP contribution in [0.5, 0.6) is 0 Å². The largest absolute Gasteiger partial charge is 0.321 e. The molecule has 5 nitrogen and oxygen atoms in total. The number of aryl methyl sites for hydroxylation is 1. The minimum Gasteiger partial charge on any atom is -0.321 e. The molecule has 5 heteroatoms. The van der Waals surface area contributed by atoms with E-state index in [9.17, 15) is 9.59 Å².